The number of nitrogens with zero attached hydrogens (tertiary/aromatic N) is 6. The monoisotopic (exact) mass is 475 g/mol. The third-order valence-corrected chi connectivity index (χ3v) is 5.64. The highest BCUT2D eigenvalue weighted by Gasteiger charge is 2.19. The van der Waals surface area contributed by atoms with Crippen molar-refractivity contribution in [3.8, 4) is 28.4 Å². The van der Waals surface area contributed by atoms with Crippen LogP contribution >= 0.6 is 0 Å². The Morgan fingerprint density at radius 1 is 1.20 bits per heavy atom. The van der Waals surface area contributed by atoms with Crippen molar-refractivity contribution in [3.05, 3.63) is 71.8 Å². The van der Waals surface area contributed by atoms with Crippen LogP contribution in [0.25, 0.3) is 33.4 Å². The summed E-state index contributed by atoms with van der Waals surface area (Å²) in [5.74, 6) is -0.545. The predicted molar refractivity (Wildman–Crippen MR) is 126 cm³/mol. The van der Waals surface area contributed by atoms with Gasteiger partial charge in [-0.15, -0.1) is 10.2 Å². The Labute approximate surface area is 203 Å². The molecule has 0 aliphatic carbocycles. The molecule has 0 saturated carbocycles. The van der Waals surface area contributed by atoms with E-state index in [1.54, 1.807) is 42.6 Å². The quantitative estimate of drug-likeness (QED) is 0.386. The fraction of sp³-hybridized carbons (Fsp3) is 0.167. The molecule has 5 aromatic rings. The normalized spacial score (nSPS) is 13.6. The number of halogens is 1. The molecule has 3 heterocycles. The van der Waals surface area contributed by atoms with Crippen molar-refractivity contribution in [2.75, 3.05) is 14.1 Å². The largest absolute Gasteiger partial charge is 0.480 e. The molecule has 0 bridgehead atoms. The van der Waals surface area contributed by atoms with Gasteiger partial charge in [0, 0.05) is 28.2 Å². The van der Waals surface area contributed by atoms with Crippen LogP contribution in [0.5, 0.6) is 5.88 Å². The summed E-state index contributed by atoms with van der Waals surface area (Å²) >= 11 is 0. The smallest absolute Gasteiger partial charge is 0.272 e. The lowest BCUT2D eigenvalue weighted by atomic mass is 10.0. The molecular formula is C24H21FN8O2. The molecular weight excluding hydrogens is 451 g/mol. The molecule has 0 radical (unpaired) electrons. The van der Waals surface area contributed by atoms with Gasteiger partial charge in [-0.05, 0) is 53.6 Å². The fourth-order valence-electron chi connectivity index (χ4n) is 3.74. The second-order valence-corrected chi connectivity index (χ2v) is 7.73. The van der Waals surface area contributed by atoms with Crippen molar-refractivity contribution >= 4 is 16.8 Å². The second kappa shape index (κ2) is 8.93. The van der Waals surface area contributed by atoms with Gasteiger partial charge in [-0.25, -0.2) is 9.37 Å². The molecule has 176 valence electrons. The van der Waals surface area contributed by atoms with Crippen LogP contribution in [-0.4, -0.2) is 55.4 Å². The molecule has 2 N–H and O–H groups in total. The van der Waals surface area contributed by atoms with Gasteiger partial charge >= 0.3 is 0 Å². The van der Waals surface area contributed by atoms with Crippen molar-refractivity contribution in [1.82, 2.24) is 40.7 Å². The van der Waals surface area contributed by atoms with Crippen molar-refractivity contribution in [2.45, 2.75) is 13.0 Å². The average Bonchev–Trinajstić information content (AvgIpc) is 3.55. The van der Waals surface area contributed by atoms with Crippen molar-refractivity contribution in [3.63, 3.8) is 0 Å². The number of aromatic amines is 1. The molecule has 35 heavy (non-hydrogen) atoms. The molecule has 1 amide bonds. The lowest BCUT2D eigenvalue weighted by Crippen LogP contribution is -2.18. The van der Waals surface area contributed by atoms with Gasteiger partial charge < -0.3 is 10.1 Å². The topological polar surface area (TPSA) is 124 Å². The van der Waals surface area contributed by atoms with Gasteiger partial charge in [-0.2, -0.15) is 9.90 Å². The number of H-pyrrole nitrogens is 1. The van der Waals surface area contributed by atoms with Gasteiger partial charge in [0.1, 0.15) is 5.82 Å². The Morgan fingerprint density at radius 2 is 2.03 bits per heavy atom. The number of amides is 1. The van der Waals surface area contributed by atoms with Crippen LogP contribution in [0, 0.1) is 5.82 Å². The highest BCUT2D eigenvalue weighted by Crippen LogP contribution is 2.32. The summed E-state index contributed by atoms with van der Waals surface area (Å²) < 4.78 is 40.4. The number of methoxy groups -OCH3 is 1. The van der Waals surface area contributed by atoms with E-state index in [0.717, 1.165) is 11.1 Å². The molecule has 11 heteroatoms. The minimum absolute atomic E-state index is 0.0210. The Kier molecular flexibility index (Phi) is 4.78. The van der Waals surface area contributed by atoms with E-state index in [1.165, 1.54) is 24.0 Å². The van der Waals surface area contributed by atoms with Crippen molar-refractivity contribution in [2.24, 2.45) is 0 Å². The number of pyridine rings is 1. The van der Waals surface area contributed by atoms with Crippen LogP contribution in [0.15, 0.2) is 54.7 Å². The molecule has 10 nitrogen and oxygen atoms in total. The van der Waals surface area contributed by atoms with Gasteiger partial charge in [-0.1, -0.05) is 18.2 Å². The summed E-state index contributed by atoms with van der Waals surface area (Å²) in [7, 11) is 1.49. The molecule has 2 aromatic carbocycles. The Hall–Kier alpha value is -4.67. The average molecular weight is 476 g/mol. The number of benzene rings is 2. The number of rotatable bonds is 6. The zero-order valence-corrected chi connectivity index (χ0v) is 18.7. The van der Waals surface area contributed by atoms with Crippen LogP contribution < -0.4 is 10.1 Å². The maximum absolute atomic E-state index is 13.3. The van der Waals surface area contributed by atoms with E-state index in [2.05, 4.69) is 30.6 Å². The summed E-state index contributed by atoms with van der Waals surface area (Å²) in [6.07, 6.45) is 1.62. The van der Waals surface area contributed by atoms with E-state index >= 15 is 0 Å². The first-order chi connectivity index (χ1) is 18.1. The van der Waals surface area contributed by atoms with Crippen molar-refractivity contribution in [1.29, 1.82) is 0 Å². The molecule has 0 unspecified atom stereocenters. The van der Waals surface area contributed by atoms with E-state index < -0.39 is 12.9 Å². The predicted octanol–water partition coefficient (Wildman–Crippen LogP) is 3.40. The molecule has 3 aromatic heterocycles. The summed E-state index contributed by atoms with van der Waals surface area (Å²) in [6.45, 7) is -0.753. The molecule has 0 fully saturated rings. The Balaban J connectivity index is 1.47. The number of ether oxygens (including phenoxy) is 1. The number of carbonyl (C=O) groups is 1. The first-order valence-corrected chi connectivity index (χ1v) is 10.5. The van der Waals surface area contributed by atoms with Gasteiger partial charge in [-0.3, -0.25) is 9.89 Å². The van der Waals surface area contributed by atoms with Gasteiger partial charge in [0.25, 0.3) is 5.91 Å². The number of hydrogen-bond acceptors (Lipinski definition) is 7. The van der Waals surface area contributed by atoms with E-state index in [-0.39, 0.29) is 23.4 Å². The number of carbonyl (C=O) groups excluding carboxylic acids is 1. The SMILES string of the molecule is [2H]C([2H])([2H])NC(=O)c1n[nH]c2cc(-c3cnc(OC)c(-c4nnn([C@@H](C)c5ccc(F)cc5)n4)c3)ccc12. The van der Waals surface area contributed by atoms with E-state index in [9.17, 15) is 9.18 Å². The maximum Gasteiger partial charge on any atom is 0.272 e. The third kappa shape index (κ3) is 4.07. The molecule has 0 saturated heterocycles. The number of nitrogens with one attached hydrogen (secondary N) is 2. The lowest BCUT2D eigenvalue weighted by molar-refractivity contribution is 0.0959. The van der Waals surface area contributed by atoms with Gasteiger partial charge in [0.2, 0.25) is 11.7 Å². The number of hydrogen-bond donors (Lipinski definition) is 2. The van der Waals surface area contributed by atoms with Crippen LogP contribution in [0.1, 0.15) is 33.1 Å². The van der Waals surface area contributed by atoms with Crippen LogP contribution in [-0.2, 0) is 0 Å². The number of fused-ring (bicyclic) bond motifs is 1. The summed E-state index contributed by atoms with van der Waals surface area (Å²) in [6, 6.07) is 12.8. The van der Waals surface area contributed by atoms with Gasteiger partial charge in [0.15, 0.2) is 5.69 Å². The van der Waals surface area contributed by atoms with E-state index in [4.69, 9.17) is 8.85 Å². The van der Waals surface area contributed by atoms with Crippen LogP contribution in [0.3, 0.4) is 0 Å². The highest BCUT2D eigenvalue weighted by atomic mass is 19.1. The zero-order chi connectivity index (χ0) is 27.0. The summed E-state index contributed by atoms with van der Waals surface area (Å²) in [4.78, 5) is 18.1. The van der Waals surface area contributed by atoms with Crippen molar-refractivity contribution < 1.29 is 18.0 Å². The van der Waals surface area contributed by atoms with Crippen LogP contribution in [0.2, 0.25) is 0 Å². The Morgan fingerprint density at radius 3 is 2.80 bits per heavy atom. The maximum atomic E-state index is 13.3. The lowest BCUT2D eigenvalue weighted by Gasteiger charge is -2.10. The first-order valence-electron chi connectivity index (χ1n) is 12.0. The molecule has 0 aliphatic rings. The van der Waals surface area contributed by atoms with E-state index in [1.807, 2.05) is 12.2 Å². The highest BCUT2D eigenvalue weighted by molar-refractivity contribution is 6.05. The fourth-order valence-corrected chi connectivity index (χ4v) is 3.74. The second-order valence-electron chi connectivity index (χ2n) is 7.73. The summed E-state index contributed by atoms with van der Waals surface area (Å²) in [5.41, 5.74) is 3.28. The van der Waals surface area contributed by atoms with Gasteiger partial charge in [0.05, 0.1) is 24.2 Å². The zero-order valence-electron chi connectivity index (χ0n) is 21.7. The van der Waals surface area contributed by atoms with E-state index in [0.29, 0.717) is 27.9 Å². The minimum Gasteiger partial charge on any atom is -0.480 e. The first kappa shape index (κ1) is 18.7. The number of aromatic nitrogens is 7. The molecule has 1 atom stereocenters. The standard InChI is InChI=1S/C24H21FN8O2/c1-13(14-4-7-17(25)8-5-14)33-31-22(30-32-33)19-10-16(12-27-24(19)35-3)15-6-9-18-20(11-15)28-29-21(18)23(34)26-2/h4-13H,1-3H3,(H,26,34)(H,28,29)/t13-/m0/s1/i2D3. The van der Waals surface area contributed by atoms with Crippen LogP contribution in [0.4, 0.5) is 4.39 Å². The number of tetrazole rings is 1. The molecule has 0 aliphatic heterocycles. The molecule has 5 rings (SSSR count). The molecule has 0 spiro atoms. The Bertz CT molecular complexity index is 1630. The minimum atomic E-state index is -2.62. The third-order valence-electron chi connectivity index (χ3n) is 5.64. The summed E-state index contributed by atoms with van der Waals surface area (Å²) in [5, 5.41) is 22.0.